The van der Waals surface area contributed by atoms with Crippen LogP contribution in [0.25, 0.3) is 11.0 Å². The number of para-hydroxylation sites is 1. The Labute approximate surface area is 142 Å². The Morgan fingerprint density at radius 1 is 1.28 bits per heavy atom. The lowest BCUT2D eigenvalue weighted by Crippen LogP contribution is -2.15. The molecule has 0 amide bonds. The van der Waals surface area contributed by atoms with E-state index in [1.807, 2.05) is 18.2 Å². The van der Waals surface area contributed by atoms with Gasteiger partial charge in [0, 0.05) is 16.5 Å². The summed E-state index contributed by atoms with van der Waals surface area (Å²) in [6, 6.07) is 9.91. The van der Waals surface area contributed by atoms with Gasteiger partial charge in [0.25, 0.3) is 0 Å². The highest BCUT2D eigenvalue weighted by molar-refractivity contribution is 5.84. The lowest BCUT2D eigenvalue weighted by molar-refractivity contribution is -0.144. The van der Waals surface area contributed by atoms with E-state index in [0.29, 0.717) is 28.2 Å². The zero-order valence-electron chi connectivity index (χ0n) is 13.2. The van der Waals surface area contributed by atoms with Crippen molar-refractivity contribution in [3.63, 3.8) is 0 Å². The molecule has 0 N–H and O–H groups in total. The zero-order chi connectivity index (χ0) is 17.2. The maximum atomic E-state index is 13.7. The molecule has 6 nitrogen and oxygen atoms in total. The second kappa shape index (κ2) is 6.52. The molecule has 0 bridgehead atoms. The van der Waals surface area contributed by atoms with Gasteiger partial charge in [0.2, 0.25) is 0 Å². The van der Waals surface area contributed by atoms with Crippen LogP contribution in [0.1, 0.15) is 16.8 Å². The van der Waals surface area contributed by atoms with E-state index >= 15 is 0 Å². The third-order valence-corrected chi connectivity index (χ3v) is 3.90. The Morgan fingerprint density at radius 2 is 2.16 bits per heavy atom. The minimum Gasteiger partial charge on any atom is -0.467 e. The Bertz CT molecular complexity index is 936. The molecule has 2 aromatic carbocycles. The van der Waals surface area contributed by atoms with Crippen LogP contribution in [-0.4, -0.2) is 17.9 Å². The molecular formula is C18H14FNO5. The molecule has 7 heteroatoms. The first kappa shape index (κ1) is 15.6. The van der Waals surface area contributed by atoms with Crippen LogP contribution in [0, 0.1) is 5.82 Å². The Balaban J connectivity index is 1.46. The van der Waals surface area contributed by atoms with Gasteiger partial charge >= 0.3 is 5.97 Å². The van der Waals surface area contributed by atoms with Crippen LogP contribution >= 0.6 is 0 Å². The fraction of sp³-hybridized carbons (Fsp3) is 0.222. The van der Waals surface area contributed by atoms with Crippen molar-refractivity contribution in [1.82, 2.24) is 5.16 Å². The zero-order valence-corrected chi connectivity index (χ0v) is 13.2. The number of carbonyl (C=O) groups excluding carboxylic acids is 1. The van der Waals surface area contributed by atoms with Crippen LogP contribution in [0.15, 0.2) is 40.9 Å². The summed E-state index contributed by atoms with van der Waals surface area (Å²) in [5, 5.41) is 4.66. The Morgan fingerprint density at radius 3 is 3.08 bits per heavy atom. The highest BCUT2D eigenvalue weighted by Crippen LogP contribution is 2.30. The van der Waals surface area contributed by atoms with Crippen molar-refractivity contribution in [2.75, 3.05) is 6.79 Å². The average Bonchev–Trinajstić information content (AvgIpc) is 3.02. The third-order valence-electron chi connectivity index (χ3n) is 3.90. The molecule has 3 aromatic rings. The second-order valence-electron chi connectivity index (χ2n) is 5.63. The number of ether oxygens (including phenoxy) is 3. The van der Waals surface area contributed by atoms with E-state index in [1.165, 1.54) is 12.1 Å². The minimum atomic E-state index is -0.482. The monoisotopic (exact) mass is 343 g/mol. The highest BCUT2D eigenvalue weighted by Gasteiger charge is 2.19. The van der Waals surface area contributed by atoms with Crippen LogP contribution in [0.2, 0.25) is 0 Å². The molecule has 2 heterocycles. The van der Waals surface area contributed by atoms with Crippen LogP contribution < -0.4 is 4.74 Å². The lowest BCUT2D eigenvalue weighted by Gasteiger charge is -2.20. The Hall–Kier alpha value is -2.93. The molecule has 25 heavy (non-hydrogen) atoms. The topological polar surface area (TPSA) is 70.8 Å². The molecule has 0 radical (unpaired) electrons. The van der Waals surface area contributed by atoms with E-state index in [9.17, 15) is 9.18 Å². The van der Waals surface area contributed by atoms with Gasteiger partial charge in [-0.05, 0) is 24.3 Å². The number of esters is 1. The van der Waals surface area contributed by atoms with Crippen LogP contribution in [-0.2, 0) is 33.9 Å². The van der Waals surface area contributed by atoms with Gasteiger partial charge in [0.1, 0.15) is 23.9 Å². The molecular weight excluding hydrogens is 329 g/mol. The van der Waals surface area contributed by atoms with Crippen molar-refractivity contribution in [3.8, 4) is 5.75 Å². The smallest absolute Gasteiger partial charge is 0.312 e. The van der Waals surface area contributed by atoms with Crippen LogP contribution in [0.5, 0.6) is 5.75 Å². The lowest BCUT2D eigenvalue weighted by atomic mass is 10.1. The van der Waals surface area contributed by atoms with Crippen molar-refractivity contribution in [3.05, 3.63) is 59.0 Å². The van der Waals surface area contributed by atoms with Gasteiger partial charge in [-0.2, -0.15) is 0 Å². The third kappa shape index (κ3) is 3.18. The van der Waals surface area contributed by atoms with Gasteiger partial charge in [0.15, 0.2) is 12.4 Å². The molecule has 0 unspecified atom stereocenters. The molecule has 0 fully saturated rings. The number of hydrogen-bond donors (Lipinski definition) is 0. The number of benzene rings is 2. The summed E-state index contributed by atoms with van der Waals surface area (Å²) in [4.78, 5) is 12.1. The van der Waals surface area contributed by atoms with Crippen LogP contribution in [0.3, 0.4) is 0 Å². The fourth-order valence-corrected chi connectivity index (χ4v) is 2.78. The first-order valence-electron chi connectivity index (χ1n) is 7.71. The molecule has 0 aliphatic carbocycles. The van der Waals surface area contributed by atoms with Gasteiger partial charge < -0.3 is 18.7 Å². The summed E-state index contributed by atoms with van der Waals surface area (Å²) in [5.74, 6) is -0.405. The van der Waals surface area contributed by atoms with Crippen molar-refractivity contribution in [2.24, 2.45) is 0 Å². The largest absolute Gasteiger partial charge is 0.467 e. The number of hydrogen-bond acceptors (Lipinski definition) is 6. The van der Waals surface area contributed by atoms with Gasteiger partial charge in [0.05, 0.1) is 13.0 Å². The van der Waals surface area contributed by atoms with E-state index in [2.05, 4.69) is 5.16 Å². The predicted octanol–water partition coefficient (Wildman–Crippen LogP) is 3.12. The molecule has 0 spiro atoms. The quantitative estimate of drug-likeness (QED) is 0.678. The highest BCUT2D eigenvalue weighted by atomic mass is 19.1. The van der Waals surface area contributed by atoms with Gasteiger partial charge in [-0.25, -0.2) is 4.39 Å². The Kier molecular flexibility index (Phi) is 4.07. The van der Waals surface area contributed by atoms with E-state index in [-0.39, 0.29) is 26.4 Å². The molecule has 1 aliphatic rings. The molecule has 1 aromatic heterocycles. The van der Waals surface area contributed by atoms with E-state index in [0.717, 1.165) is 5.39 Å². The molecule has 0 atom stereocenters. The van der Waals surface area contributed by atoms with Gasteiger partial charge in [-0.15, -0.1) is 0 Å². The molecule has 128 valence electrons. The first-order valence-corrected chi connectivity index (χ1v) is 7.71. The number of aromatic nitrogens is 1. The van der Waals surface area contributed by atoms with E-state index < -0.39 is 11.8 Å². The predicted molar refractivity (Wildman–Crippen MR) is 84.2 cm³/mol. The molecule has 4 rings (SSSR count). The summed E-state index contributed by atoms with van der Waals surface area (Å²) < 4.78 is 34.6. The fourth-order valence-electron chi connectivity index (χ4n) is 2.78. The van der Waals surface area contributed by atoms with E-state index in [1.54, 1.807) is 6.07 Å². The SMILES string of the molecule is O=C(Cc1noc2ccccc12)OCc1cc(F)cc2c1OCOC2. The summed E-state index contributed by atoms with van der Waals surface area (Å²) in [5.41, 5.74) is 2.18. The maximum Gasteiger partial charge on any atom is 0.312 e. The molecule has 0 saturated carbocycles. The minimum absolute atomic E-state index is 0.0293. The summed E-state index contributed by atoms with van der Waals surface area (Å²) in [6.07, 6.45) is -0.0293. The van der Waals surface area contributed by atoms with Gasteiger partial charge in [-0.1, -0.05) is 17.3 Å². The average molecular weight is 343 g/mol. The summed E-state index contributed by atoms with van der Waals surface area (Å²) in [7, 11) is 0. The number of halogens is 1. The number of fused-ring (bicyclic) bond motifs is 2. The first-order chi connectivity index (χ1) is 12.2. The van der Waals surface area contributed by atoms with Gasteiger partial charge in [-0.3, -0.25) is 4.79 Å². The number of nitrogens with zero attached hydrogens (tertiary/aromatic N) is 1. The standard InChI is InChI=1S/C18H14FNO5/c19-13-5-11-8-22-10-24-18(11)12(6-13)9-23-17(21)7-15-14-3-1-2-4-16(14)25-20-15/h1-6H,7-10H2. The molecule has 0 saturated heterocycles. The summed E-state index contributed by atoms with van der Waals surface area (Å²) in [6.45, 7) is 0.262. The number of rotatable bonds is 4. The second-order valence-corrected chi connectivity index (χ2v) is 5.63. The van der Waals surface area contributed by atoms with Crippen molar-refractivity contribution >= 4 is 16.9 Å². The van der Waals surface area contributed by atoms with E-state index in [4.69, 9.17) is 18.7 Å². The number of carbonyl (C=O) groups is 1. The van der Waals surface area contributed by atoms with Crippen molar-refractivity contribution in [1.29, 1.82) is 0 Å². The van der Waals surface area contributed by atoms with Crippen LogP contribution in [0.4, 0.5) is 4.39 Å². The van der Waals surface area contributed by atoms with Crippen molar-refractivity contribution in [2.45, 2.75) is 19.6 Å². The summed E-state index contributed by atoms with van der Waals surface area (Å²) >= 11 is 0. The van der Waals surface area contributed by atoms with Crippen molar-refractivity contribution < 1.29 is 27.9 Å². The normalized spacial score (nSPS) is 13.3. The molecule has 1 aliphatic heterocycles. The maximum absolute atomic E-state index is 13.7.